The quantitative estimate of drug-likeness (QED) is 0.435. The van der Waals surface area contributed by atoms with Crippen LogP contribution >= 0.6 is 0 Å². The van der Waals surface area contributed by atoms with Gasteiger partial charge in [-0.1, -0.05) is 42.5 Å². The number of hydrogen-bond acceptors (Lipinski definition) is 4. The predicted molar refractivity (Wildman–Crippen MR) is 105 cm³/mol. The van der Waals surface area contributed by atoms with Crippen LogP contribution in [0, 0.1) is 10.1 Å². The van der Waals surface area contributed by atoms with Gasteiger partial charge in [0.2, 0.25) is 0 Å². The summed E-state index contributed by atoms with van der Waals surface area (Å²) in [5.41, 5.74) is -0.549. The molecule has 6 nitrogen and oxygen atoms in total. The summed E-state index contributed by atoms with van der Waals surface area (Å²) >= 11 is 0. The molecular weight excluding hydrogens is 421 g/mol. The van der Waals surface area contributed by atoms with Gasteiger partial charge in [-0.05, 0) is 41.8 Å². The molecule has 156 valence electrons. The normalized spacial score (nSPS) is 11.8. The molecule has 0 amide bonds. The van der Waals surface area contributed by atoms with E-state index in [-0.39, 0.29) is 11.8 Å². The Morgan fingerprint density at radius 2 is 1.57 bits per heavy atom. The molecule has 0 aliphatic carbocycles. The van der Waals surface area contributed by atoms with Crippen LogP contribution in [0.4, 0.5) is 24.5 Å². The number of nitro groups is 1. The van der Waals surface area contributed by atoms with Crippen molar-refractivity contribution in [1.29, 1.82) is 0 Å². The number of halogens is 3. The van der Waals surface area contributed by atoms with E-state index in [2.05, 4.69) is 4.72 Å². The Labute approximate surface area is 170 Å². The second kappa shape index (κ2) is 8.15. The van der Waals surface area contributed by atoms with Crippen molar-refractivity contribution in [3.8, 4) is 0 Å². The lowest BCUT2D eigenvalue weighted by Gasteiger charge is -2.12. The van der Waals surface area contributed by atoms with Crippen LogP contribution in [0.15, 0.2) is 77.7 Å². The van der Waals surface area contributed by atoms with Crippen molar-refractivity contribution in [2.45, 2.75) is 17.5 Å². The number of sulfonamides is 1. The van der Waals surface area contributed by atoms with Gasteiger partial charge in [0.1, 0.15) is 0 Å². The Hall–Kier alpha value is -3.40. The highest BCUT2D eigenvalue weighted by atomic mass is 32.2. The molecule has 0 spiro atoms. The lowest BCUT2D eigenvalue weighted by molar-refractivity contribution is -0.388. The van der Waals surface area contributed by atoms with E-state index in [0.29, 0.717) is 18.6 Å². The van der Waals surface area contributed by atoms with Crippen molar-refractivity contribution < 1.29 is 26.5 Å². The fourth-order valence-corrected chi connectivity index (χ4v) is 4.05. The van der Waals surface area contributed by atoms with Crippen LogP contribution in [0.25, 0.3) is 0 Å². The van der Waals surface area contributed by atoms with Gasteiger partial charge in [-0.2, -0.15) is 13.2 Å². The smallest absolute Gasteiger partial charge is 0.279 e. The van der Waals surface area contributed by atoms with Crippen molar-refractivity contribution in [2.75, 3.05) is 4.72 Å². The van der Waals surface area contributed by atoms with Crippen LogP contribution < -0.4 is 4.72 Å². The number of hydrogen-bond donors (Lipinski definition) is 1. The summed E-state index contributed by atoms with van der Waals surface area (Å²) in [6, 6.07) is 17.1. The first-order valence-electron chi connectivity index (χ1n) is 8.57. The lowest BCUT2D eigenvalue weighted by atomic mass is 10.0. The molecule has 3 aromatic rings. The van der Waals surface area contributed by atoms with Crippen LogP contribution in [0.1, 0.15) is 16.7 Å². The van der Waals surface area contributed by atoms with Crippen molar-refractivity contribution in [3.63, 3.8) is 0 Å². The molecule has 0 saturated heterocycles. The zero-order chi connectivity index (χ0) is 21.9. The van der Waals surface area contributed by atoms with E-state index in [1.165, 1.54) is 6.07 Å². The van der Waals surface area contributed by atoms with Crippen LogP contribution in [0.3, 0.4) is 0 Å². The van der Waals surface area contributed by atoms with Crippen molar-refractivity contribution in [1.82, 2.24) is 0 Å². The highest BCUT2D eigenvalue weighted by molar-refractivity contribution is 7.92. The predicted octanol–water partition coefficient (Wildman–Crippen LogP) is 5.01. The molecule has 0 fully saturated rings. The zero-order valence-corrected chi connectivity index (χ0v) is 16.1. The first-order chi connectivity index (χ1) is 14.1. The van der Waals surface area contributed by atoms with Gasteiger partial charge in [-0.15, -0.1) is 0 Å². The minimum absolute atomic E-state index is 0.137. The van der Waals surface area contributed by atoms with Gasteiger partial charge in [0.05, 0.1) is 10.5 Å². The van der Waals surface area contributed by atoms with Crippen LogP contribution in [0.5, 0.6) is 0 Å². The second-order valence-electron chi connectivity index (χ2n) is 6.41. The molecule has 3 rings (SSSR count). The molecule has 0 aliphatic heterocycles. The van der Waals surface area contributed by atoms with Crippen LogP contribution in [-0.2, 0) is 22.6 Å². The third kappa shape index (κ3) is 4.95. The number of anilines is 1. The molecule has 3 aromatic carbocycles. The van der Waals surface area contributed by atoms with Gasteiger partial charge in [0.25, 0.3) is 15.7 Å². The molecule has 0 heterocycles. The van der Waals surface area contributed by atoms with Crippen LogP contribution in [-0.4, -0.2) is 13.3 Å². The van der Waals surface area contributed by atoms with E-state index in [1.807, 2.05) is 30.3 Å². The fourth-order valence-electron chi connectivity index (χ4n) is 2.85. The number of nitrogens with one attached hydrogen (secondary N) is 1. The number of alkyl halides is 3. The summed E-state index contributed by atoms with van der Waals surface area (Å²) in [5, 5.41) is 11.2. The van der Waals surface area contributed by atoms with Crippen molar-refractivity contribution in [2.24, 2.45) is 0 Å². The topological polar surface area (TPSA) is 89.3 Å². The Kier molecular flexibility index (Phi) is 5.79. The van der Waals surface area contributed by atoms with Gasteiger partial charge < -0.3 is 0 Å². The van der Waals surface area contributed by atoms with Crippen molar-refractivity contribution >= 4 is 21.4 Å². The minimum atomic E-state index is -4.84. The largest absolute Gasteiger partial charge is 0.416 e. The standard InChI is InChI=1S/C20H15F3N2O4S/c21-20(22,23)16-9-10-19(18(13-16)25(26)27)30(28,29)24-17-8-4-7-15(12-17)11-14-5-2-1-3-6-14/h1-10,12-13,24H,11H2. The molecule has 0 unspecified atom stereocenters. The summed E-state index contributed by atoms with van der Waals surface area (Å²) in [6.45, 7) is 0. The second-order valence-corrected chi connectivity index (χ2v) is 8.06. The zero-order valence-electron chi connectivity index (χ0n) is 15.3. The van der Waals surface area contributed by atoms with E-state index in [0.717, 1.165) is 11.1 Å². The van der Waals surface area contributed by atoms with Gasteiger partial charge in [0, 0.05) is 11.8 Å². The van der Waals surface area contributed by atoms with Crippen LogP contribution in [0.2, 0.25) is 0 Å². The Bertz CT molecular complexity index is 1180. The Morgan fingerprint density at radius 3 is 2.20 bits per heavy atom. The highest BCUT2D eigenvalue weighted by Gasteiger charge is 2.35. The molecule has 30 heavy (non-hydrogen) atoms. The molecule has 0 atom stereocenters. The third-order valence-electron chi connectivity index (χ3n) is 4.20. The Morgan fingerprint density at radius 1 is 0.900 bits per heavy atom. The Balaban J connectivity index is 1.92. The molecule has 0 aliphatic rings. The van der Waals surface area contributed by atoms with E-state index >= 15 is 0 Å². The van der Waals surface area contributed by atoms with Crippen molar-refractivity contribution in [3.05, 3.63) is 99.6 Å². The van der Waals surface area contributed by atoms with E-state index in [1.54, 1.807) is 18.2 Å². The SMILES string of the molecule is O=[N+]([O-])c1cc(C(F)(F)F)ccc1S(=O)(=O)Nc1cccc(Cc2ccccc2)c1. The number of rotatable bonds is 6. The first kappa shape index (κ1) is 21.3. The van der Waals surface area contributed by atoms with E-state index in [9.17, 15) is 31.7 Å². The summed E-state index contributed by atoms with van der Waals surface area (Å²) in [5.74, 6) is 0. The first-order valence-corrected chi connectivity index (χ1v) is 10.1. The highest BCUT2D eigenvalue weighted by Crippen LogP contribution is 2.35. The molecule has 10 heteroatoms. The number of nitro benzene ring substituents is 1. The average Bonchev–Trinajstić information content (AvgIpc) is 2.67. The maximum atomic E-state index is 12.8. The van der Waals surface area contributed by atoms with Gasteiger partial charge in [-0.25, -0.2) is 8.42 Å². The maximum absolute atomic E-state index is 12.8. The maximum Gasteiger partial charge on any atom is 0.416 e. The van der Waals surface area contributed by atoms with E-state index in [4.69, 9.17) is 0 Å². The molecule has 0 bridgehead atoms. The summed E-state index contributed by atoms with van der Waals surface area (Å²) in [7, 11) is -4.50. The van der Waals surface area contributed by atoms with Gasteiger partial charge in [-0.3, -0.25) is 14.8 Å². The van der Waals surface area contributed by atoms with Gasteiger partial charge in [0.15, 0.2) is 4.90 Å². The molecule has 0 saturated carbocycles. The van der Waals surface area contributed by atoms with E-state index < -0.39 is 37.3 Å². The summed E-state index contributed by atoms with van der Waals surface area (Å²) in [6.07, 6.45) is -4.32. The van der Waals surface area contributed by atoms with Gasteiger partial charge >= 0.3 is 6.18 Å². The average molecular weight is 436 g/mol. The summed E-state index contributed by atoms with van der Waals surface area (Å²) in [4.78, 5) is 9.19. The molecule has 0 radical (unpaired) electrons. The third-order valence-corrected chi connectivity index (χ3v) is 5.63. The summed E-state index contributed by atoms with van der Waals surface area (Å²) < 4.78 is 66.0. The fraction of sp³-hybridized carbons (Fsp3) is 0.100. The molecule has 0 aromatic heterocycles. The number of nitrogens with zero attached hydrogens (tertiary/aromatic N) is 1. The lowest BCUT2D eigenvalue weighted by Crippen LogP contribution is -2.16. The molecule has 1 N–H and O–H groups in total. The minimum Gasteiger partial charge on any atom is -0.279 e. The number of benzene rings is 3. The monoisotopic (exact) mass is 436 g/mol. The molecular formula is C20H15F3N2O4S.